The second-order valence-electron chi connectivity index (χ2n) is 4.46. The van der Waals surface area contributed by atoms with E-state index in [9.17, 15) is 13.2 Å². The molecule has 122 valence electrons. The quantitative estimate of drug-likeness (QED) is 0.879. The van der Waals surface area contributed by atoms with E-state index in [0.717, 1.165) is 0 Å². The molecule has 2 rings (SSSR count). The summed E-state index contributed by atoms with van der Waals surface area (Å²) >= 11 is 0. The highest BCUT2D eigenvalue weighted by Gasteiger charge is 2.32. The minimum absolute atomic E-state index is 0. The van der Waals surface area contributed by atoms with Crippen molar-refractivity contribution in [1.29, 1.82) is 0 Å². The predicted molar refractivity (Wildman–Crippen MR) is 76.8 cm³/mol. The molecule has 2 aromatic rings. The van der Waals surface area contributed by atoms with Gasteiger partial charge in [0.1, 0.15) is 17.3 Å². The summed E-state index contributed by atoms with van der Waals surface area (Å²) in [5, 5.41) is 8.88. The van der Waals surface area contributed by atoms with Crippen LogP contribution in [0.15, 0.2) is 40.8 Å². The molecule has 3 N–H and O–H groups in total. The monoisotopic (exact) mass is 337 g/mol. The number of hydrogen-bond donors (Lipinski definition) is 2. The minimum Gasteiger partial charge on any atom is -0.461 e. The number of furan rings is 1. The standard InChI is InChI=1S/C14H14F3NO3.ClH/c15-14(16,17)21-13-4-2-1-3-11(13)12-6-5-10(20-12)7-9(18)8-19;/h1-6,9,19H,7-8,18H2;1H. The topological polar surface area (TPSA) is 68.6 Å². The van der Waals surface area contributed by atoms with Crippen LogP contribution in [-0.2, 0) is 6.42 Å². The van der Waals surface area contributed by atoms with Crippen LogP contribution in [0.4, 0.5) is 13.2 Å². The Morgan fingerprint density at radius 1 is 1.18 bits per heavy atom. The summed E-state index contributed by atoms with van der Waals surface area (Å²) in [6.07, 6.45) is -4.48. The third kappa shape index (κ3) is 4.94. The van der Waals surface area contributed by atoms with Gasteiger partial charge in [-0.05, 0) is 24.3 Å². The van der Waals surface area contributed by atoms with Crippen molar-refractivity contribution in [3.63, 3.8) is 0 Å². The molecule has 0 aliphatic heterocycles. The van der Waals surface area contributed by atoms with Crippen molar-refractivity contribution < 1.29 is 27.4 Å². The Hall–Kier alpha value is -1.70. The fraction of sp³-hybridized carbons (Fsp3) is 0.286. The lowest BCUT2D eigenvalue weighted by molar-refractivity contribution is -0.274. The highest BCUT2D eigenvalue weighted by molar-refractivity contribution is 5.85. The molecule has 22 heavy (non-hydrogen) atoms. The van der Waals surface area contributed by atoms with Gasteiger partial charge in [0.25, 0.3) is 0 Å². The zero-order valence-electron chi connectivity index (χ0n) is 11.3. The number of para-hydroxylation sites is 1. The lowest BCUT2D eigenvalue weighted by Crippen LogP contribution is -2.26. The molecule has 8 heteroatoms. The van der Waals surface area contributed by atoms with Crippen molar-refractivity contribution in [1.82, 2.24) is 0 Å². The average Bonchev–Trinajstić information content (AvgIpc) is 2.85. The summed E-state index contributed by atoms with van der Waals surface area (Å²) in [6, 6.07) is 8.37. The number of halogens is 4. The molecule has 1 atom stereocenters. The highest BCUT2D eigenvalue weighted by atomic mass is 35.5. The minimum atomic E-state index is -4.77. The molecule has 4 nitrogen and oxygen atoms in total. The number of nitrogens with two attached hydrogens (primary N) is 1. The van der Waals surface area contributed by atoms with Gasteiger partial charge in [0.2, 0.25) is 0 Å². The lowest BCUT2D eigenvalue weighted by atomic mass is 10.1. The van der Waals surface area contributed by atoms with Crippen LogP contribution in [-0.4, -0.2) is 24.1 Å². The van der Waals surface area contributed by atoms with Crippen LogP contribution >= 0.6 is 12.4 Å². The Balaban J connectivity index is 0.00000242. The van der Waals surface area contributed by atoms with Crippen molar-refractivity contribution in [3.05, 3.63) is 42.2 Å². The Bertz CT molecular complexity index is 601. The average molecular weight is 338 g/mol. The molecule has 0 bridgehead atoms. The van der Waals surface area contributed by atoms with Crippen LogP contribution < -0.4 is 10.5 Å². The van der Waals surface area contributed by atoms with Gasteiger partial charge in [0, 0.05) is 12.5 Å². The first-order valence-corrected chi connectivity index (χ1v) is 6.19. The molecule has 1 aromatic carbocycles. The van der Waals surface area contributed by atoms with Crippen molar-refractivity contribution in [2.24, 2.45) is 5.73 Å². The third-order valence-electron chi connectivity index (χ3n) is 2.74. The van der Waals surface area contributed by atoms with Gasteiger partial charge in [0.15, 0.2) is 0 Å². The van der Waals surface area contributed by atoms with Gasteiger partial charge in [-0.3, -0.25) is 0 Å². The molecule has 0 saturated heterocycles. The van der Waals surface area contributed by atoms with Crippen molar-refractivity contribution in [2.45, 2.75) is 18.8 Å². The van der Waals surface area contributed by atoms with E-state index < -0.39 is 12.4 Å². The van der Waals surface area contributed by atoms with Crippen LogP contribution in [0.3, 0.4) is 0 Å². The maximum Gasteiger partial charge on any atom is 0.573 e. The van der Waals surface area contributed by atoms with E-state index in [0.29, 0.717) is 12.2 Å². The van der Waals surface area contributed by atoms with E-state index in [1.54, 1.807) is 12.1 Å². The highest BCUT2D eigenvalue weighted by Crippen LogP contribution is 2.34. The number of aliphatic hydroxyl groups is 1. The Labute approximate surface area is 131 Å². The zero-order valence-corrected chi connectivity index (χ0v) is 12.2. The van der Waals surface area contributed by atoms with Gasteiger partial charge in [-0.2, -0.15) is 0 Å². The van der Waals surface area contributed by atoms with Crippen LogP contribution in [0, 0.1) is 0 Å². The van der Waals surface area contributed by atoms with E-state index in [1.165, 1.54) is 24.3 Å². The van der Waals surface area contributed by atoms with Crippen LogP contribution in [0.5, 0.6) is 5.75 Å². The SMILES string of the molecule is Cl.NC(CO)Cc1ccc(-c2ccccc2OC(F)(F)F)o1. The molecule has 1 aromatic heterocycles. The number of benzene rings is 1. The van der Waals surface area contributed by atoms with E-state index in [1.807, 2.05) is 0 Å². The fourth-order valence-electron chi connectivity index (χ4n) is 1.84. The number of rotatable bonds is 5. The van der Waals surface area contributed by atoms with Crippen molar-refractivity contribution in [3.8, 4) is 17.1 Å². The summed E-state index contributed by atoms with van der Waals surface area (Å²) in [4.78, 5) is 0. The Morgan fingerprint density at radius 2 is 1.86 bits per heavy atom. The second kappa shape index (κ2) is 7.53. The van der Waals surface area contributed by atoms with Crippen LogP contribution in [0.2, 0.25) is 0 Å². The molecule has 0 radical (unpaired) electrons. The van der Waals surface area contributed by atoms with Gasteiger partial charge in [0.05, 0.1) is 12.2 Å². The predicted octanol–water partition coefficient (Wildman–Crippen LogP) is 3.13. The molecule has 0 saturated carbocycles. The molecule has 0 spiro atoms. The molecule has 0 aliphatic rings. The van der Waals surface area contributed by atoms with Gasteiger partial charge in [-0.25, -0.2) is 0 Å². The second-order valence-corrected chi connectivity index (χ2v) is 4.46. The summed E-state index contributed by atoms with van der Waals surface area (Å²) in [5.74, 6) is 0.390. The fourth-order valence-corrected chi connectivity index (χ4v) is 1.84. The molecule has 0 aliphatic carbocycles. The van der Waals surface area contributed by atoms with E-state index in [4.69, 9.17) is 15.3 Å². The van der Waals surface area contributed by atoms with Crippen molar-refractivity contribution >= 4 is 12.4 Å². The first kappa shape index (κ1) is 18.3. The summed E-state index contributed by atoms with van der Waals surface area (Å²) in [6.45, 7) is -0.205. The van der Waals surface area contributed by atoms with Gasteiger partial charge in [-0.1, -0.05) is 12.1 Å². The molecular formula is C14H15ClF3NO3. The summed E-state index contributed by atoms with van der Waals surface area (Å²) in [7, 11) is 0. The Kier molecular flexibility index (Phi) is 6.28. The van der Waals surface area contributed by atoms with Gasteiger partial charge < -0.3 is 20.0 Å². The summed E-state index contributed by atoms with van der Waals surface area (Å²) in [5.41, 5.74) is 5.78. The largest absolute Gasteiger partial charge is 0.573 e. The molecule has 1 unspecified atom stereocenters. The normalized spacial score (nSPS) is 12.6. The Morgan fingerprint density at radius 3 is 2.50 bits per heavy atom. The van der Waals surface area contributed by atoms with Crippen LogP contribution in [0.25, 0.3) is 11.3 Å². The first-order valence-electron chi connectivity index (χ1n) is 6.19. The smallest absolute Gasteiger partial charge is 0.461 e. The van der Waals surface area contributed by atoms with Gasteiger partial charge >= 0.3 is 6.36 Å². The van der Waals surface area contributed by atoms with E-state index in [-0.39, 0.29) is 36.1 Å². The van der Waals surface area contributed by atoms with Crippen LogP contribution in [0.1, 0.15) is 5.76 Å². The number of aliphatic hydroxyl groups excluding tert-OH is 1. The molecular weight excluding hydrogens is 323 g/mol. The maximum atomic E-state index is 12.4. The molecule has 0 amide bonds. The van der Waals surface area contributed by atoms with E-state index in [2.05, 4.69) is 4.74 Å². The third-order valence-corrected chi connectivity index (χ3v) is 2.74. The van der Waals surface area contributed by atoms with Gasteiger partial charge in [-0.15, -0.1) is 25.6 Å². The molecule has 0 fully saturated rings. The maximum absolute atomic E-state index is 12.4. The number of alkyl halides is 3. The first-order chi connectivity index (χ1) is 9.89. The number of ether oxygens (including phenoxy) is 1. The molecule has 1 heterocycles. The summed E-state index contributed by atoms with van der Waals surface area (Å²) < 4.78 is 46.5. The van der Waals surface area contributed by atoms with E-state index >= 15 is 0 Å². The lowest BCUT2D eigenvalue weighted by Gasteiger charge is -2.11. The zero-order chi connectivity index (χ0) is 15.5. The van der Waals surface area contributed by atoms with Crippen molar-refractivity contribution in [2.75, 3.05) is 6.61 Å². The number of hydrogen-bond acceptors (Lipinski definition) is 4.